The molecular weight excluding hydrogens is 339 g/mol. The van der Waals surface area contributed by atoms with Crippen molar-refractivity contribution >= 4 is 47.5 Å². The molecule has 1 atom stereocenters. The maximum absolute atomic E-state index is 13.2. The summed E-state index contributed by atoms with van der Waals surface area (Å²) in [6.45, 7) is -0.523. The van der Waals surface area contributed by atoms with E-state index in [0.717, 1.165) is 18.6 Å². The molecule has 0 amide bonds. The van der Waals surface area contributed by atoms with Crippen molar-refractivity contribution < 1.29 is 4.57 Å². The summed E-state index contributed by atoms with van der Waals surface area (Å²) in [5, 5.41) is 0. The predicted molar refractivity (Wildman–Crippen MR) is 101 cm³/mol. The van der Waals surface area contributed by atoms with Gasteiger partial charge in [-0.1, -0.05) is 55.1 Å². The Morgan fingerprint density at radius 1 is 1.29 bits per heavy atom. The van der Waals surface area contributed by atoms with E-state index in [1.165, 1.54) is 21.8 Å². The Balaban J connectivity index is 2.68. The zero-order valence-corrected chi connectivity index (χ0v) is 16.1. The third-order valence-electron chi connectivity index (χ3n) is 2.90. The second-order valence-corrected chi connectivity index (χ2v) is 11.0. The third-order valence-corrected chi connectivity index (χ3v) is 10.6. The smallest absolute Gasteiger partial charge is 0.295 e. The van der Waals surface area contributed by atoms with Crippen LogP contribution in [0.1, 0.15) is 19.8 Å². The van der Waals surface area contributed by atoms with Gasteiger partial charge in [0.2, 0.25) is 0 Å². The standard InChI is InChI=1S/C14H23N2OPS3/c1-4-5-11-21-18(17,15(2)12-19)16(3)13-20-14-9-7-6-8-10-14/h6-10,12H,4-5,11,13H2,1-3H3. The summed E-state index contributed by atoms with van der Waals surface area (Å²) in [6, 6.07) is 10.2. The fraction of sp³-hybridized carbons (Fsp3) is 0.500. The summed E-state index contributed by atoms with van der Waals surface area (Å²) in [4.78, 5) is 1.18. The lowest BCUT2D eigenvalue weighted by Crippen LogP contribution is -2.23. The van der Waals surface area contributed by atoms with Crippen molar-refractivity contribution in [3.63, 3.8) is 0 Å². The molecule has 0 bridgehead atoms. The molecule has 0 aliphatic heterocycles. The molecule has 0 N–H and O–H groups in total. The second-order valence-electron chi connectivity index (χ2n) is 4.60. The number of benzene rings is 1. The summed E-state index contributed by atoms with van der Waals surface area (Å²) in [5.74, 6) is 1.57. The van der Waals surface area contributed by atoms with Crippen molar-refractivity contribution in [1.29, 1.82) is 0 Å². The van der Waals surface area contributed by atoms with Crippen LogP contribution >= 0.6 is 42.0 Å². The fourth-order valence-corrected chi connectivity index (χ4v) is 8.02. The van der Waals surface area contributed by atoms with Crippen molar-refractivity contribution in [2.24, 2.45) is 0 Å². The molecule has 0 aliphatic carbocycles. The van der Waals surface area contributed by atoms with E-state index < -0.39 is 6.65 Å². The van der Waals surface area contributed by atoms with Crippen LogP contribution in [0.3, 0.4) is 0 Å². The Bertz CT molecular complexity index is 473. The zero-order chi connectivity index (χ0) is 15.7. The summed E-state index contributed by atoms with van der Waals surface area (Å²) in [5.41, 5.74) is 1.49. The topological polar surface area (TPSA) is 23.6 Å². The van der Waals surface area contributed by atoms with E-state index in [9.17, 15) is 4.57 Å². The van der Waals surface area contributed by atoms with E-state index in [0.29, 0.717) is 5.88 Å². The van der Waals surface area contributed by atoms with E-state index in [1.54, 1.807) is 23.5 Å². The first-order chi connectivity index (χ1) is 10.0. The molecule has 21 heavy (non-hydrogen) atoms. The molecule has 0 saturated heterocycles. The summed E-state index contributed by atoms with van der Waals surface area (Å²) >= 11 is 8.19. The van der Waals surface area contributed by atoms with Gasteiger partial charge in [0.05, 0.1) is 11.4 Å². The van der Waals surface area contributed by atoms with Crippen molar-refractivity contribution in [1.82, 2.24) is 9.34 Å². The quantitative estimate of drug-likeness (QED) is 0.186. The number of rotatable bonds is 10. The summed E-state index contributed by atoms with van der Waals surface area (Å²) in [7, 11) is 3.71. The predicted octanol–water partition coefficient (Wildman–Crippen LogP) is 5.20. The van der Waals surface area contributed by atoms with E-state index in [4.69, 9.17) is 12.2 Å². The minimum absolute atomic E-state index is 0.675. The minimum atomic E-state index is -2.67. The number of hydrogen-bond acceptors (Lipinski definition) is 4. The first kappa shape index (κ1) is 19.0. The molecule has 1 unspecified atom stereocenters. The maximum atomic E-state index is 13.2. The number of thioether (sulfide) groups is 1. The van der Waals surface area contributed by atoms with Crippen LogP contribution in [0.4, 0.5) is 0 Å². The molecule has 0 fully saturated rings. The van der Waals surface area contributed by atoms with Gasteiger partial charge in [0.15, 0.2) is 0 Å². The highest BCUT2D eigenvalue weighted by molar-refractivity contribution is 8.56. The normalized spacial score (nSPS) is 13.9. The molecule has 0 spiro atoms. The molecule has 0 aromatic heterocycles. The largest absolute Gasteiger partial charge is 0.303 e. The molecule has 1 aromatic carbocycles. The van der Waals surface area contributed by atoms with Gasteiger partial charge in [-0.15, -0.1) is 11.8 Å². The average molecular weight is 363 g/mol. The monoisotopic (exact) mass is 362 g/mol. The van der Waals surface area contributed by atoms with Crippen LogP contribution in [0.5, 0.6) is 0 Å². The zero-order valence-electron chi connectivity index (χ0n) is 12.8. The summed E-state index contributed by atoms with van der Waals surface area (Å²) in [6.07, 6.45) is 2.18. The molecule has 0 radical (unpaired) electrons. The van der Waals surface area contributed by atoms with E-state index in [-0.39, 0.29) is 0 Å². The highest BCUT2D eigenvalue weighted by atomic mass is 32.7. The van der Waals surface area contributed by atoms with Crippen LogP contribution in [-0.4, -0.2) is 40.6 Å². The van der Waals surface area contributed by atoms with Crippen LogP contribution in [-0.2, 0) is 4.57 Å². The Labute approximate surface area is 142 Å². The molecule has 1 aromatic rings. The Kier molecular flexibility index (Phi) is 8.98. The Morgan fingerprint density at radius 2 is 1.95 bits per heavy atom. The molecule has 1 rings (SSSR count). The van der Waals surface area contributed by atoms with Crippen molar-refractivity contribution in [2.75, 3.05) is 25.7 Å². The number of thiocarbonyl (C=S) groups is 1. The van der Waals surface area contributed by atoms with Crippen LogP contribution in [0.25, 0.3) is 0 Å². The van der Waals surface area contributed by atoms with Gasteiger partial charge in [0, 0.05) is 17.7 Å². The van der Waals surface area contributed by atoms with Crippen LogP contribution in [0, 0.1) is 0 Å². The molecule has 0 aliphatic rings. The Morgan fingerprint density at radius 3 is 2.52 bits per heavy atom. The SMILES string of the molecule is CCCCSP(=O)(N(C)C=S)N(C)CSc1ccccc1. The van der Waals surface area contributed by atoms with Crippen molar-refractivity contribution in [3.8, 4) is 0 Å². The maximum Gasteiger partial charge on any atom is 0.295 e. The van der Waals surface area contributed by atoms with Gasteiger partial charge in [-0.05, 0) is 25.6 Å². The lowest BCUT2D eigenvalue weighted by atomic mass is 10.4. The summed E-state index contributed by atoms with van der Waals surface area (Å²) < 4.78 is 16.9. The van der Waals surface area contributed by atoms with Crippen LogP contribution in [0.2, 0.25) is 0 Å². The van der Waals surface area contributed by atoms with Gasteiger partial charge in [-0.3, -0.25) is 4.57 Å². The van der Waals surface area contributed by atoms with E-state index >= 15 is 0 Å². The van der Waals surface area contributed by atoms with Crippen LogP contribution in [0.15, 0.2) is 35.2 Å². The molecule has 118 valence electrons. The number of unbranched alkanes of at least 4 members (excludes halogenated alkanes) is 1. The first-order valence-corrected chi connectivity index (χ1v) is 11.5. The minimum Gasteiger partial charge on any atom is -0.303 e. The van der Waals surface area contributed by atoms with Gasteiger partial charge in [0.25, 0.3) is 6.65 Å². The average Bonchev–Trinajstić information content (AvgIpc) is 2.52. The van der Waals surface area contributed by atoms with E-state index in [1.807, 2.05) is 29.9 Å². The second kappa shape index (κ2) is 9.90. The van der Waals surface area contributed by atoms with Crippen molar-refractivity contribution in [3.05, 3.63) is 30.3 Å². The molecule has 3 nitrogen and oxygen atoms in total. The van der Waals surface area contributed by atoms with Crippen molar-refractivity contribution in [2.45, 2.75) is 24.7 Å². The first-order valence-electron chi connectivity index (χ1n) is 6.87. The highest BCUT2D eigenvalue weighted by Crippen LogP contribution is 2.63. The molecule has 0 saturated carbocycles. The number of hydrogen-bond donors (Lipinski definition) is 0. The Hall–Kier alpha value is 0. The van der Waals surface area contributed by atoms with Crippen LogP contribution < -0.4 is 0 Å². The molecule has 7 heteroatoms. The van der Waals surface area contributed by atoms with E-state index in [2.05, 4.69) is 19.1 Å². The lowest BCUT2D eigenvalue weighted by molar-refractivity contribution is 0.489. The number of nitrogens with zero attached hydrogens (tertiary/aromatic N) is 2. The van der Waals surface area contributed by atoms with Gasteiger partial charge >= 0.3 is 0 Å². The highest BCUT2D eigenvalue weighted by Gasteiger charge is 2.31. The molecular formula is C14H23N2OPS3. The molecule has 0 heterocycles. The fourth-order valence-electron chi connectivity index (χ4n) is 1.58. The lowest BCUT2D eigenvalue weighted by Gasteiger charge is -2.32. The third kappa shape index (κ3) is 5.95. The van der Waals surface area contributed by atoms with Gasteiger partial charge in [-0.2, -0.15) is 0 Å². The van der Waals surface area contributed by atoms with Gasteiger partial charge < -0.3 is 4.67 Å². The van der Waals surface area contributed by atoms with Gasteiger partial charge in [-0.25, -0.2) is 4.67 Å². The van der Waals surface area contributed by atoms with Gasteiger partial charge in [0.1, 0.15) is 0 Å².